The van der Waals surface area contributed by atoms with Crippen LogP contribution in [0.25, 0.3) is 0 Å². The first kappa shape index (κ1) is 21.0. The molecule has 32 heavy (non-hydrogen) atoms. The van der Waals surface area contributed by atoms with Crippen LogP contribution >= 0.6 is 0 Å². The molecular weight excluding hydrogens is 398 g/mol. The number of hydrogen-bond donors (Lipinski definition) is 0. The van der Waals surface area contributed by atoms with E-state index in [-0.39, 0.29) is 41.3 Å². The quantitative estimate of drug-likeness (QED) is 0.550. The third-order valence-corrected chi connectivity index (χ3v) is 7.43. The molecule has 1 aromatic rings. The highest BCUT2D eigenvalue weighted by Gasteiger charge is 2.59. The van der Waals surface area contributed by atoms with Crippen molar-refractivity contribution in [1.82, 2.24) is 0 Å². The first-order chi connectivity index (χ1) is 15.4. The monoisotopic (exact) mass is 429 g/mol. The van der Waals surface area contributed by atoms with Crippen molar-refractivity contribution in [1.29, 1.82) is 0 Å². The maximum absolute atomic E-state index is 13.3. The maximum atomic E-state index is 13.3. The number of carbonyl (C=O) groups is 1. The highest BCUT2D eigenvalue weighted by molar-refractivity contribution is 5.99. The van der Waals surface area contributed by atoms with Gasteiger partial charge in [-0.25, -0.2) is 0 Å². The molecule has 0 spiro atoms. The molecule has 0 bridgehead atoms. The predicted molar refractivity (Wildman–Crippen MR) is 127 cm³/mol. The standard InChI is InChI=1S/C28H31NO3/c1-17-15-18(2)32-27(31-17)25-19(3)28(25,4)23-16-21(26(30)20-9-6-5-7-10-20)12-13-22(23)24-11-8-14-29-24/h5-9,11-14,16-20,24H,10,15H2,1-4H3. The molecule has 0 radical (unpaired) electrons. The van der Waals surface area contributed by atoms with Crippen molar-refractivity contribution in [2.75, 3.05) is 0 Å². The number of benzene rings is 1. The number of carbonyl (C=O) groups excluding carboxylic acids is 1. The van der Waals surface area contributed by atoms with Gasteiger partial charge in [-0.1, -0.05) is 56.4 Å². The molecule has 4 nitrogen and oxygen atoms in total. The summed E-state index contributed by atoms with van der Waals surface area (Å²) in [6.45, 7) is 8.66. The molecule has 2 aliphatic heterocycles. The Labute approximate surface area is 190 Å². The zero-order valence-corrected chi connectivity index (χ0v) is 19.2. The van der Waals surface area contributed by atoms with Crippen LogP contribution in [0.3, 0.4) is 0 Å². The van der Waals surface area contributed by atoms with Crippen molar-refractivity contribution < 1.29 is 14.3 Å². The minimum Gasteiger partial charge on any atom is -0.462 e. The summed E-state index contributed by atoms with van der Waals surface area (Å²) in [6, 6.07) is 6.14. The summed E-state index contributed by atoms with van der Waals surface area (Å²) >= 11 is 0. The number of allylic oxidation sites excluding steroid dienone is 6. The lowest BCUT2D eigenvalue weighted by molar-refractivity contribution is -0.0936. The Bertz CT molecular complexity index is 1070. The lowest BCUT2D eigenvalue weighted by Crippen LogP contribution is -2.26. The van der Waals surface area contributed by atoms with E-state index in [1.807, 2.05) is 36.6 Å². The number of nitrogens with zero attached hydrogens (tertiary/aromatic N) is 1. The molecule has 4 aliphatic rings. The van der Waals surface area contributed by atoms with E-state index in [9.17, 15) is 4.79 Å². The molecular formula is C28H31NO3. The second-order valence-corrected chi connectivity index (χ2v) is 9.67. The van der Waals surface area contributed by atoms with Crippen LogP contribution in [0.1, 0.15) is 68.1 Å². The molecule has 166 valence electrons. The topological polar surface area (TPSA) is 47.9 Å². The summed E-state index contributed by atoms with van der Waals surface area (Å²) in [7, 11) is 0. The highest BCUT2D eigenvalue weighted by atomic mass is 16.7. The van der Waals surface area contributed by atoms with Crippen molar-refractivity contribution >= 4 is 12.0 Å². The molecule has 6 atom stereocenters. The SMILES string of the molecule is CC1CC(C)OC(=C2C(C)C2(C)c2cc(C(=O)C3C=CC=CC3)ccc2C2C=CC=N2)O1. The van der Waals surface area contributed by atoms with Gasteiger partial charge in [0.25, 0.3) is 5.95 Å². The van der Waals surface area contributed by atoms with Crippen molar-refractivity contribution in [3.8, 4) is 0 Å². The summed E-state index contributed by atoms with van der Waals surface area (Å²) in [5, 5.41) is 0. The van der Waals surface area contributed by atoms with Crippen LogP contribution in [0.15, 0.2) is 71.2 Å². The van der Waals surface area contributed by atoms with Gasteiger partial charge in [-0.2, -0.15) is 0 Å². The smallest absolute Gasteiger partial charge is 0.280 e. The van der Waals surface area contributed by atoms with Crippen molar-refractivity contribution in [3.63, 3.8) is 0 Å². The second kappa shape index (κ2) is 7.91. The average molecular weight is 430 g/mol. The predicted octanol–water partition coefficient (Wildman–Crippen LogP) is 6.02. The van der Waals surface area contributed by atoms with Gasteiger partial charge in [0.15, 0.2) is 5.78 Å². The van der Waals surface area contributed by atoms with Crippen molar-refractivity contribution in [2.24, 2.45) is 16.8 Å². The molecule has 1 aromatic carbocycles. The van der Waals surface area contributed by atoms with E-state index in [1.165, 1.54) is 5.57 Å². The van der Waals surface area contributed by atoms with Crippen LogP contribution in [0.2, 0.25) is 0 Å². The summed E-state index contributed by atoms with van der Waals surface area (Å²) in [4.78, 5) is 17.9. The first-order valence-corrected chi connectivity index (χ1v) is 11.7. The molecule has 6 unspecified atom stereocenters. The van der Waals surface area contributed by atoms with E-state index < -0.39 is 0 Å². The Kier molecular flexibility index (Phi) is 5.19. The zero-order chi connectivity index (χ0) is 22.5. The third-order valence-electron chi connectivity index (χ3n) is 7.43. The van der Waals surface area contributed by atoms with Gasteiger partial charge in [0.05, 0.1) is 6.04 Å². The van der Waals surface area contributed by atoms with Crippen LogP contribution in [0.5, 0.6) is 0 Å². The maximum Gasteiger partial charge on any atom is 0.280 e. The van der Waals surface area contributed by atoms with Crippen LogP contribution in [-0.4, -0.2) is 24.2 Å². The van der Waals surface area contributed by atoms with E-state index in [2.05, 4.69) is 57.0 Å². The normalized spacial score (nSPS) is 35.1. The van der Waals surface area contributed by atoms with E-state index in [0.717, 1.165) is 29.5 Å². The Morgan fingerprint density at radius 2 is 1.84 bits per heavy atom. The first-order valence-electron chi connectivity index (χ1n) is 11.7. The lowest BCUT2D eigenvalue weighted by Gasteiger charge is -2.29. The van der Waals surface area contributed by atoms with Crippen molar-refractivity contribution in [3.05, 3.63) is 82.9 Å². The van der Waals surface area contributed by atoms with Gasteiger partial charge in [-0.05, 0) is 49.5 Å². The number of rotatable bonds is 4. The fraction of sp³-hybridized carbons (Fsp3) is 0.429. The largest absolute Gasteiger partial charge is 0.462 e. The van der Waals surface area contributed by atoms with Gasteiger partial charge >= 0.3 is 0 Å². The number of Topliss-reactive ketones (excluding diaryl/α,β-unsaturated/α-hetero) is 1. The zero-order valence-electron chi connectivity index (χ0n) is 19.2. The van der Waals surface area contributed by atoms with E-state index in [4.69, 9.17) is 9.47 Å². The van der Waals surface area contributed by atoms with E-state index in [0.29, 0.717) is 5.95 Å². The Morgan fingerprint density at radius 1 is 1.06 bits per heavy atom. The second-order valence-electron chi connectivity index (χ2n) is 9.67. The molecule has 4 heteroatoms. The van der Waals surface area contributed by atoms with Gasteiger partial charge in [0.2, 0.25) is 0 Å². The van der Waals surface area contributed by atoms with Gasteiger partial charge in [0, 0.05) is 35.1 Å². The molecule has 0 aromatic heterocycles. The van der Waals surface area contributed by atoms with Gasteiger partial charge < -0.3 is 9.47 Å². The highest BCUT2D eigenvalue weighted by Crippen LogP contribution is 2.62. The molecule has 0 amide bonds. The number of aliphatic imine (C=N–C) groups is 1. The summed E-state index contributed by atoms with van der Waals surface area (Å²) in [5.74, 6) is 1.02. The molecule has 2 fully saturated rings. The number of hydrogen-bond acceptors (Lipinski definition) is 4. The third kappa shape index (κ3) is 3.46. The molecule has 1 saturated carbocycles. The van der Waals surface area contributed by atoms with Gasteiger partial charge in [-0.15, -0.1) is 0 Å². The fourth-order valence-electron chi connectivity index (χ4n) is 5.41. The molecule has 1 saturated heterocycles. The summed E-state index contributed by atoms with van der Waals surface area (Å²) in [5.41, 5.74) is 4.00. The summed E-state index contributed by atoms with van der Waals surface area (Å²) in [6.07, 6.45) is 15.9. The van der Waals surface area contributed by atoms with Crippen molar-refractivity contribution in [2.45, 2.75) is 64.2 Å². The van der Waals surface area contributed by atoms with Crippen LogP contribution in [-0.2, 0) is 14.9 Å². The van der Waals surface area contributed by atoms with E-state index >= 15 is 0 Å². The summed E-state index contributed by atoms with van der Waals surface area (Å²) < 4.78 is 12.3. The molecule has 5 rings (SSSR count). The average Bonchev–Trinajstić information content (AvgIpc) is 3.13. The van der Waals surface area contributed by atoms with Crippen LogP contribution in [0.4, 0.5) is 0 Å². The number of ketones is 1. The van der Waals surface area contributed by atoms with E-state index in [1.54, 1.807) is 0 Å². The minimum atomic E-state index is -0.244. The Morgan fingerprint density at radius 3 is 2.50 bits per heavy atom. The minimum absolute atomic E-state index is 0.0198. The molecule has 2 heterocycles. The van der Waals surface area contributed by atoms with Gasteiger partial charge in [-0.3, -0.25) is 9.79 Å². The molecule has 0 N–H and O–H groups in total. The van der Waals surface area contributed by atoms with Gasteiger partial charge in [0.1, 0.15) is 12.2 Å². The fourth-order valence-corrected chi connectivity index (χ4v) is 5.41. The van der Waals surface area contributed by atoms with Crippen LogP contribution < -0.4 is 0 Å². The molecule has 2 aliphatic carbocycles. The Hall–Kier alpha value is -2.88. The van der Waals surface area contributed by atoms with Crippen LogP contribution in [0, 0.1) is 11.8 Å². The Balaban J connectivity index is 1.57. The lowest BCUT2D eigenvalue weighted by atomic mass is 9.83. The number of ether oxygens (including phenoxy) is 2.